The normalized spacial score (nSPS) is 14.5. The molecule has 1 N–H and O–H groups in total. The Bertz CT molecular complexity index is 917. The molecule has 1 aromatic carbocycles. The van der Waals surface area contributed by atoms with Crippen LogP contribution in [-0.2, 0) is 10.0 Å². The Morgan fingerprint density at radius 1 is 1.27 bits per heavy atom. The molecule has 2 aromatic rings. The molecule has 0 unspecified atom stereocenters. The molecule has 0 spiro atoms. The number of sulfonamides is 1. The molecule has 3 rings (SSSR count). The molecular formula is C16H19ClFN5O2S. The third kappa shape index (κ3) is 3.83. The maximum atomic E-state index is 13.3. The zero-order valence-corrected chi connectivity index (χ0v) is 16.0. The number of hydrogen-bond donors (Lipinski definition) is 1. The number of hydrogen-bond acceptors (Lipinski definition) is 6. The maximum absolute atomic E-state index is 13.3. The molecule has 2 heterocycles. The van der Waals surface area contributed by atoms with Gasteiger partial charge in [0, 0.05) is 27.2 Å². The van der Waals surface area contributed by atoms with Crippen LogP contribution in [0, 0.1) is 5.82 Å². The van der Waals surface area contributed by atoms with Gasteiger partial charge in [0.1, 0.15) is 11.5 Å². The summed E-state index contributed by atoms with van der Waals surface area (Å²) >= 11 is 5.69. The monoisotopic (exact) mass is 399 g/mol. The van der Waals surface area contributed by atoms with Crippen molar-refractivity contribution in [3.05, 3.63) is 35.2 Å². The van der Waals surface area contributed by atoms with Gasteiger partial charge in [0.15, 0.2) is 5.82 Å². The molecule has 10 heteroatoms. The SMILES string of the molecule is CN(C)c1nc(N2CCCC2)ncc1NS(=O)(=O)c1ccc(F)c(Cl)c1. The minimum absolute atomic E-state index is 0.141. The second-order valence-corrected chi connectivity index (χ2v) is 8.27. The van der Waals surface area contributed by atoms with Crippen molar-refractivity contribution >= 4 is 39.1 Å². The van der Waals surface area contributed by atoms with Crippen LogP contribution in [0.25, 0.3) is 0 Å². The van der Waals surface area contributed by atoms with Crippen molar-refractivity contribution in [2.75, 3.05) is 41.7 Å². The molecule has 1 aliphatic heterocycles. The summed E-state index contributed by atoms with van der Waals surface area (Å²) in [5.74, 6) is 0.329. The number of halogens is 2. The zero-order chi connectivity index (χ0) is 18.9. The molecule has 0 saturated carbocycles. The second-order valence-electron chi connectivity index (χ2n) is 6.18. The molecule has 1 aromatic heterocycles. The number of rotatable bonds is 5. The molecule has 1 fully saturated rings. The van der Waals surface area contributed by atoms with Gasteiger partial charge in [-0.05, 0) is 31.0 Å². The summed E-state index contributed by atoms with van der Waals surface area (Å²) in [5.41, 5.74) is 0.235. The Morgan fingerprint density at radius 2 is 1.96 bits per heavy atom. The number of nitrogens with zero attached hydrogens (tertiary/aromatic N) is 4. The molecule has 26 heavy (non-hydrogen) atoms. The molecule has 1 aliphatic rings. The fraction of sp³-hybridized carbons (Fsp3) is 0.375. The predicted molar refractivity (Wildman–Crippen MR) is 100 cm³/mol. The minimum Gasteiger partial charge on any atom is -0.361 e. The van der Waals surface area contributed by atoms with E-state index in [2.05, 4.69) is 19.6 Å². The van der Waals surface area contributed by atoms with Gasteiger partial charge in [0.25, 0.3) is 10.0 Å². The zero-order valence-electron chi connectivity index (χ0n) is 14.4. The fourth-order valence-corrected chi connectivity index (χ4v) is 4.01. The van der Waals surface area contributed by atoms with Crippen molar-refractivity contribution in [2.24, 2.45) is 0 Å². The van der Waals surface area contributed by atoms with Gasteiger partial charge in [0.2, 0.25) is 5.95 Å². The van der Waals surface area contributed by atoms with Gasteiger partial charge in [-0.15, -0.1) is 0 Å². The van der Waals surface area contributed by atoms with E-state index in [1.165, 1.54) is 6.20 Å². The van der Waals surface area contributed by atoms with E-state index in [4.69, 9.17) is 11.6 Å². The van der Waals surface area contributed by atoms with E-state index in [-0.39, 0.29) is 15.6 Å². The van der Waals surface area contributed by atoms with E-state index in [1.807, 2.05) is 0 Å². The first-order valence-corrected chi connectivity index (χ1v) is 9.91. The molecule has 140 valence electrons. The van der Waals surface area contributed by atoms with Crippen LogP contribution in [0.2, 0.25) is 5.02 Å². The van der Waals surface area contributed by atoms with Crippen LogP contribution in [0.15, 0.2) is 29.3 Å². The smallest absolute Gasteiger partial charge is 0.262 e. The number of nitrogens with one attached hydrogen (secondary N) is 1. The third-order valence-electron chi connectivity index (χ3n) is 4.01. The summed E-state index contributed by atoms with van der Waals surface area (Å²) in [4.78, 5) is 12.4. The van der Waals surface area contributed by atoms with Crippen LogP contribution >= 0.6 is 11.6 Å². The van der Waals surface area contributed by atoms with E-state index in [9.17, 15) is 12.8 Å². The van der Waals surface area contributed by atoms with Crippen molar-refractivity contribution < 1.29 is 12.8 Å². The number of benzene rings is 1. The fourth-order valence-electron chi connectivity index (χ4n) is 2.69. The summed E-state index contributed by atoms with van der Waals surface area (Å²) in [6.07, 6.45) is 3.61. The summed E-state index contributed by atoms with van der Waals surface area (Å²) < 4.78 is 41.0. The topological polar surface area (TPSA) is 78.4 Å². The lowest BCUT2D eigenvalue weighted by molar-refractivity contribution is 0.599. The quantitative estimate of drug-likeness (QED) is 0.832. The lowest BCUT2D eigenvalue weighted by Gasteiger charge is -2.21. The summed E-state index contributed by atoms with van der Waals surface area (Å²) in [6, 6.07) is 3.23. The van der Waals surface area contributed by atoms with Gasteiger partial charge in [0.05, 0.1) is 16.1 Å². The highest BCUT2D eigenvalue weighted by molar-refractivity contribution is 7.92. The van der Waals surface area contributed by atoms with E-state index in [1.54, 1.807) is 19.0 Å². The molecular weight excluding hydrogens is 381 g/mol. The lowest BCUT2D eigenvalue weighted by Crippen LogP contribution is -2.24. The summed E-state index contributed by atoms with van der Waals surface area (Å²) in [7, 11) is -0.429. The average Bonchev–Trinajstić information content (AvgIpc) is 3.11. The van der Waals surface area contributed by atoms with Crippen molar-refractivity contribution in [3.8, 4) is 0 Å². The highest BCUT2D eigenvalue weighted by Crippen LogP contribution is 2.28. The van der Waals surface area contributed by atoms with Crippen LogP contribution < -0.4 is 14.5 Å². The van der Waals surface area contributed by atoms with Crippen LogP contribution in [-0.4, -0.2) is 45.6 Å². The Kier molecular flexibility index (Phi) is 5.19. The van der Waals surface area contributed by atoms with Gasteiger partial charge in [-0.25, -0.2) is 17.8 Å². The van der Waals surface area contributed by atoms with Gasteiger partial charge in [-0.3, -0.25) is 4.72 Å². The van der Waals surface area contributed by atoms with Crippen molar-refractivity contribution in [1.29, 1.82) is 0 Å². The van der Waals surface area contributed by atoms with E-state index < -0.39 is 15.8 Å². The first-order valence-electron chi connectivity index (χ1n) is 8.05. The van der Waals surface area contributed by atoms with Gasteiger partial charge >= 0.3 is 0 Å². The molecule has 0 amide bonds. The number of anilines is 3. The van der Waals surface area contributed by atoms with Crippen LogP contribution in [0.4, 0.5) is 21.8 Å². The van der Waals surface area contributed by atoms with Crippen LogP contribution in [0.1, 0.15) is 12.8 Å². The van der Waals surface area contributed by atoms with E-state index in [0.717, 1.165) is 44.1 Å². The molecule has 0 bridgehead atoms. The van der Waals surface area contributed by atoms with E-state index in [0.29, 0.717) is 11.8 Å². The second kappa shape index (κ2) is 7.24. The maximum Gasteiger partial charge on any atom is 0.262 e. The molecule has 0 aliphatic carbocycles. The summed E-state index contributed by atoms with van der Waals surface area (Å²) in [6.45, 7) is 1.76. The highest BCUT2D eigenvalue weighted by atomic mass is 35.5. The molecule has 0 atom stereocenters. The Hall–Kier alpha value is -2.13. The Balaban J connectivity index is 1.93. The largest absolute Gasteiger partial charge is 0.361 e. The van der Waals surface area contributed by atoms with Crippen LogP contribution in [0.3, 0.4) is 0 Å². The van der Waals surface area contributed by atoms with Gasteiger partial charge in [-0.2, -0.15) is 4.98 Å². The van der Waals surface area contributed by atoms with Crippen LogP contribution in [0.5, 0.6) is 0 Å². The van der Waals surface area contributed by atoms with Crippen molar-refractivity contribution in [2.45, 2.75) is 17.7 Å². The lowest BCUT2D eigenvalue weighted by atomic mass is 10.3. The molecule has 7 nitrogen and oxygen atoms in total. The highest BCUT2D eigenvalue weighted by Gasteiger charge is 2.22. The van der Waals surface area contributed by atoms with Gasteiger partial charge in [-0.1, -0.05) is 11.6 Å². The first-order chi connectivity index (χ1) is 12.3. The van der Waals surface area contributed by atoms with E-state index >= 15 is 0 Å². The van der Waals surface area contributed by atoms with Crippen molar-refractivity contribution in [1.82, 2.24) is 9.97 Å². The third-order valence-corrected chi connectivity index (χ3v) is 5.67. The minimum atomic E-state index is -3.96. The first kappa shape index (κ1) is 18.7. The Morgan fingerprint density at radius 3 is 2.58 bits per heavy atom. The standard InChI is InChI=1S/C16H19ClFN5O2S/c1-22(2)15-14(10-19-16(20-15)23-7-3-4-8-23)21-26(24,25)11-5-6-13(18)12(17)9-11/h5-6,9-10,21H,3-4,7-8H2,1-2H3. The molecule has 0 radical (unpaired) electrons. The predicted octanol–water partition coefficient (Wildman–Crippen LogP) is 2.74. The average molecular weight is 400 g/mol. The Labute approximate surface area is 156 Å². The van der Waals surface area contributed by atoms with Gasteiger partial charge < -0.3 is 9.80 Å². The summed E-state index contributed by atoms with van der Waals surface area (Å²) in [5, 5.41) is -0.263. The van der Waals surface area contributed by atoms with Crippen molar-refractivity contribution in [3.63, 3.8) is 0 Å². The molecule has 1 saturated heterocycles. The number of aromatic nitrogens is 2.